The minimum Gasteiger partial charge on any atom is -0.378 e. The summed E-state index contributed by atoms with van der Waals surface area (Å²) in [5, 5.41) is -0.633. The topological polar surface area (TPSA) is 77.5 Å². The molecule has 1 aromatic heterocycles. The minimum atomic E-state index is -3.41. The standard InChI is InChI=1S/C12H18N2O4S/c1-17-11-8-18-9-12(11)19(15,16)14-6-4-10-3-2-5-13-7-10/h2-3,5,7,11-12,14H,4,6,8-9H2,1H3. The van der Waals surface area contributed by atoms with Crippen LogP contribution in [0.15, 0.2) is 24.5 Å². The quantitative estimate of drug-likeness (QED) is 0.794. The van der Waals surface area contributed by atoms with E-state index in [1.807, 2.05) is 12.1 Å². The van der Waals surface area contributed by atoms with Crippen molar-refractivity contribution in [1.82, 2.24) is 9.71 Å². The Labute approximate surface area is 113 Å². The van der Waals surface area contributed by atoms with Crippen molar-refractivity contribution < 1.29 is 17.9 Å². The number of aromatic nitrogens is 1. The molecule has 106 valence electrons. The first-order valence-electron chi connectivity index (χ1n) is 6.11. The molecule has 2 unspecified atom stereocenters. The van der Waals surface area contributed by atoms with Crippen molar-refractivity contribution in [2.45, 2.75) is 17.8 Å². The summed E-state index contributed by atoms with van der Waals surface area (Å²) in [6, 6.07) is 3.74. The van der Waals surface area contributed by atoms with Gasteiger partial charge in [-0.15, -0.1) is 0 Å². The molecule has 19 heavy (non-hydrogen) atoms. The lowest BCUT2D eigenvalue weighted by Gasteiger charge is -2.17. The van der Waals surface area contributed by atoms with Crippen molar-refractivity contribution >= 4 is 10.0 Å². The van der Waals surface area contributed by atoms with Crippen LogP contribution < -0.4 is 4.72 Å². The lowest BCUT2D eigenvalue weighted by molar-refractivity contribution is 0.0828. The van der Waals surface area contributed by atoms with Gasteiger partial charge in [-0.3, -0.25) is 4.98 Å². The van der Waals surface area contributed by atoms with Crippen LogP contribution in [0.25, 0.3) is 0 Å². The van der Waals surface area contributed by atoms with Gasteiger partial charge >= 0.3 is 0 Å². The zero-order chi connectivity index (χ0) is 13.7. The van der Waals surface area contributed by atoms with E-state index in [1.54, 1.807) is 12.4 Å². The largest absolute Gasteiger partial charge is 0.378 e. The third-order valence-corrected chi connectivity index (χ3v) is 4.96. The van der Waals surface area contributed by atoms with Gasteiger partial charge in [-0.2, -0.15) is 0 Å². The second-order valence-electron chi connectivity index (χ2n) is 4.40. The zero-order valence-corrected chi connectivity index (χ0v) is 11.6. The third-order valence-electron chi connectivity index (χ3n) is 3.12. The van der Waals surface area contributed by atoms with Crippen LogP contribution in [-0.2, 0) is 25.9 Å². The number of hydrogen-bond acceptors (Lipinski definition) is 5. The van der Waals surface area contributed by atoms with E-state index in [2.05, 4.69) is 9.71 Å². The van der Waals surface area contributed by atoms with E-state index in [1.165, 1.54) is 7.11 Å². The number of nitrogens with zero attached hydrogens (tertiary/aromatic N) is 1. The molecule has 0 bridgehead atoms. The molecule has 0 spiro atoms. The first-order chi connectivity index (χ1) is 9.13. The van der Waals surface area contributed by atoms with Gasteiger partial charge in [-0.25, -0.2) is 13.1 Å². The van der Waals surface area contributed by atoms with Crippen molar-refractivity contribution in [1.29, 1.82) is 0 Å². The van der Waals surface area contributed by atoms with Gasteiger partial charge in [0.05, 0.1) is 13.2 Å². The fourth-order valence-electron chi connectivity index (χ4n) is 2.01. The Morgan fingerprint density at radius 3 is 3.05 bits per heavy atom. The van der Waals surface area contributed by atoms with Crippen LogP contribution in [0.2, 0.25) is 0 Å². The van der Waals surface area contributed by atoms with Crippen molar-refractivity contribution in [2.24, 2.45) is 0 Å². The molecule has 0 aromatic carbocycles. The van der Waals surface area contributed by atoms with Crippen molar-refractivity contribution in [2.75, 3.05) is 26.9 Å². The molecule has 1 aromatic rings. The number of nitrogens with one attached hydrogen (secondary N) is 1. The molecule has 0 radical (unpaired) electrons. The van der Waals surface area contributed by atoms with Crippen LogP contribution in [0.1, 0.15) is 5.56 Å². The molecule has 0 saturated carbocycles. The second kappa shape index (κ2) is 6.42. The molecule has 2 atom stereocenters. The Kier molecular flexibility index (Phi) is 4.87. The molecule has 1 aliphatic rings. The summed E-state index contributed by atoms with van der Waals surface area (Å²) >= 11 is 0. The summed E-state index contributed by atoms with van der Waals surface area (Å²) in [5.74, 6) is 0. The summed E-state index contributed by atoms with van der Waals surface area (Å²) in [7, 11) is -1.91. The van der Waals surface area contributed by atoms with Gasteiger partial charge in [0.25, 0.3) is 0 Å². The molecular formula is C12H18N2O4S. The Balaban J connectivity index is 1.88. The monoisotopic (exact) mass is 286 g/mol. The van der Waals surface area contributed by atoms with Gasteiger partial charge in [0.2, 0.25) is 10.0 Å². The number of hydrogen-bond donors (Lipinski definition) is 1. The lowest BCUT2D eigenvalue weighted by atomic mass is 10.2. The molecule has 2 rings (SSSR count). The smallest absolute Gasteiger partial charge is 0.219 e. The van der Waals surface area contributed by atoms with Gasteiger partial charge in [0.15, 0.2) is 0 Å². The van der Waals surface area contributed by atoms with E-state index >= 15 is 0 Å². The van der Waals surface area contributed by atoms with Gasteiger partial charge in [0, 0.05) is 26.0 Å². The van der Waals surface area contributed by atoms with E-state index in [-0.39, 0.29) is 6.61 Å². The first-order valence-corrected chi connectivity index (χ1v) is 7.66. The second-order valence-corrected chi connectivity index (χ2v) is 6.38. The summed E-state index contributed by atoms with van der Waals surface area (Å²) < 4.78 is 37.1. The van der Waals surface area contributed by atoms with Gasteiger partial charge in [-0.1, -0.05) is 6.07 Å². The maximum atomic E-state index is 12.1. The summed E-state index contributed by atoms with van der Waals surface area (Å²) in [6.45, 7) is 0.854. The molecule has 1 N–H and O–H groups in total. The lowest BCUT2D eigenvalue weighted by Crippen LogP contribution is -2.42. The molecule has 6 nitrogen and oxygen atoms in total. The van der Waals surface area contributed by atoms with Crippen LogP contribution in [-0.4, -0.2) is 51.6 Å². The number of methoxy groups -OCH3 is 1. The summed E-state index contributed by atoms with van der Waals surface area (Å²) in [4.78, 5) is 3.99. The van der Waals surface area contributed by atoms with Crippen LogP contribution in [0.4, 0.5) is 0 Å². The van der Waals surface area contributed by atoms with Crippen molar-refractivity contribution in [3.05, 3.63) is 30.1 Å². The highest BCUT2D eigenvalue weighted by molar-refractivity contribution is 7.90. The molecule has 1 saturated heterocycles. The molecule has 7 heteroatoms. The fourth-order valence-corrected chi connectivity index (χ4v) is 3.48. The molecule has 1 fully saturated rings. The maximum absolute atomic E-state index is 12.1. The van der Waals surface area contributed by atoms with Crippen molar-refractivity contribution in [3.63, 3.8) is 0 Å². The average molecular weight is 286 g/mol. The van der Waals surface area contributed by atoms with Gasteiger partial charge in [0.1, 0.15) is 11.4 Å². The molecular weight excluding hydrogens is 268 g/mol. The number of ether oxygens (including phenoxy) is 2. The van der Waals surface area contributed by atoms with Crippen LogP contribution in [0.3, 0.4) is 0 Å². The van der Waals surface area contributed by atoms with Gasteiger partial charge in [-0.05, 0) is 18.1 Å². The number of rotatable bonds is 6. The Morgan fingerprint density at radius 2 is 2.37 bits per heavy atom. The van der Waals surface area contributed by atoms with Crippen molar-refractivity contribution in [3.8, 4) is 0 Å². The molecule has 0 amide bonds. The normalized spacial score (nSPS) is 23.6. The molecule has 0 aliphatic carbocycles. The first kappa shape index (κ1) is 14.4. The van der Waals surface area contributed by atoms with Gasteiger partial charge < -0.3 is 9.47 Å². The van der Waals surface area contributed by atoms with E-state index in [0.717, 1.165) is 5.56 Å². The molecule has 1 aliphatic heterocycles. The fraction of sp³-hybridized carbons (Fsp3) is 0.583. The van der Waals surface area contributed by atoms with Crippen LogP contribution in [0.5, 0.6) is 0 Å². The Bertz CT molecular complexity index is 492. The average Bonchev–Trinajstić information content (AvgIpc) is 2.89. The molecule has 2 heterocycles. The summed E-state index contributed by atoms with van der Waals surface area (Å²) in [5.41, 5.74) is 0.996. The predicted octanol–water partition coefficient (Wildman–Crippen LogP) is -0.0427. The van der Waals surface area contributed by atoms with E-state index in [9.17, 15) is 8.42 Å². The highest BCUT2D eigenvalue weighted by atomic mass is 32.2. The van der Waals surface area contributed by atoms with E-state index in [4.69, 9.17) is 9.47 Å². The Morgan fingerprint density at radius 1 is 1.53 bits per heavy atom. The van der Waals surface area contributed by atoms with E-state index in [0.29, 0.717) is 19.6 Å². The Hall–Kier alpha value is -1.02. The van der Waals surface area contributed by atoms with Crippen LogP contribution in [0, 0.1) is 0 Å². The minimum absolute atomic E-state index is 0.181. The van der Waals surface area contributed by atoms with E-state index < -0.39 is 21.4 Å². The third kappa shape index (κ3) is 3.73. The maximum Gasteiger partial charge on any atom is 0.219 e. The highest BCUT2D eigenvalue weighted by Crippen LogP contribution is 2.16. The highest BCUT2D eigenvalue weighted by Gasteiger charge is 2.38. The SMILES string of the molecule is COC1COCC1S(=O)(=O)NCCc1cccnc1. The zero-order valence-electron chi connectivity index (χ0n) is 10.8. The predicted molar refractivity (Wildman–Crippen MR) is 70.3 cm³/mol. The number of pyridine rings is 1. The number of sulfonamides is 1. The summed E-state index contributed by atoms with van der Waals surface area (Å²) in [6.07, 6.45) is 3.63. The van der Waals surface area contributed by atoms with Crippen LogP contribution >= 0.6 is 0 Å².